The fourth-order valence-corrected chi connectivity index (χ4v) is 3.14. The molecule has 3 N–H and O–H groups in total. The van der Waals surface area contributed by atoms with E-state index < -0.39 is 24.0 Å². The van der Waals surface area contributed by atoms with E-state index >= 15 is 0 Å². The number of imide groups is 1. The van der Waals surface area contributed by atoms with E-state index in [0.717, 1.165) is 16.8 Å². The summed E-state index contributed by atoms with van der Waals surface area (Å²) in [6.45, 7) is 5.32. The van der Waals surface area contributed by atoms with Gasteiger partial charge in [-0.3, -0.25) is 10.1 Å². The number of benzene rings is 2. The van der Waals surface area contributed by atoms with Crippen LogP contribution in [0.25, 0.3) is 16.9 Å². The predicted octanol–water partition coefficient (Wildman–Crippen LogP) is 3.22. The SMILES string of the molecule is Cc1ccccc1-c1nn(-c2ccccc2)cc1C(=O)O[C@@H](C(=O)NC(N)=O)C(C)C. The molecule has 0 bridgehead atoms. The molecule has 0 aliphatic carbocycles. The Kier molecular flexibility index (Phi) is 6.49. The van der Waals surface area contributed by atoms with Gasteiger partial charge in [0.2, 0.25) is 0 Å². The second kappa shape index (κ2) is 9.25. The minimum absolute atomic E-state index is 0.204. The smallest absolute Gasteiger partial charge is 0.342 e. The molecule has 1 aromatic heterocycles. The molecule has 0 saturated heterocycles. The lowest BCUT2D eigenvalue weighted by Crippen LogP contribution is -2.45. The summed E-state index contributed by atoms with van der Waals surface area (Å²) >= 11 is 0. The van der Waals surface area contributed by atoms with Gasteiger partial charge in [-0.05, 0) is 30.5 Å². The normalized spacial score (nSPS) is 11.7. The van der Waals surface area contributed by atoms with Crippen molar-refractivity contribution in [2.24, 2.45) is 11.7 Å². The van der Waals surface area contributed by atoms with Crippen LogP contribution in [0.4, 0.5) is 4.79 Å². The highest BCUT2D eigenvalue weighted by atomic mass is 16.5. The maximum atomic E-state index is 13.1. The summed E-state index contributed by atoms with van der Waals surface area (Å²) in [5, 5.41) is 6.59. The number of nitrogens with zero attached hydrogens (tertiary/aromatic N) is 2. The number of para-hydroxylation sites is 1. The zero-order valence-electron chi connectivity index (χ0n) is 17.5. The molecular formula is C23H24N4O4. The van der Waals surface area contributed by atoms with Crippen molar-refractivity contribution in [3.8, 4) is 16.9 Å². The Morgan fingerprint density at radius 2 is 1.68 bits per heavy atom. The average Bonchev–Trinajstić information content (AvgIpc) is 3.17. The fraction of sp³-hybridized carbons (Fsp3) is 0.217. The number of urea groups is 1. The summed E-state index contributed by atoms with van der Waals surface area (Å²) in [6, 6.07) is 15.9. The first-order valence-electron chi connectivity index (χ1n) is 9.80. The van der Waals surface area contributed by atoms with E-state index in [1.165, 1.54) is 0 Å². The molecule has 0 aliphatic rings. The molecule has 0 unspecified atom stereocenters. The number of aryl methyl sites for hydroxylation is 1. The number of carbonyl (C=O) groups is 3. The third-order valence-corrected chi connectivity index (χ3v) is 4.70. The molecule has 0 fully saturated rings. The van der Waals surface area contributed by atoms with Crippen molar-refractivity contribution < 1.29 is 19.1 Å². The van der Waals surface area contributed by atoms with Gasteiger partial charge in [0.05, 0.1) is 5.69 Å². The van der Waals surface area contributed by atoms with Crippen LogP contribution in [-0.4, -0.2) is 33.8 Å². The number of nitrogens with one attached hydrogen (secondary N) is 1. The first-order chi connectivity index (χ1) is 14.8. The summed E-state index contributed by atoms with van der Waals surface area (Å²) in [6.07, 6.45) is 0.382. The van der Waals surface area contributed by atoms with Crippen LogP contribution in [0.5, 0.6) is 0 Å². The van der Waals surface area contributed by atoms with E-state index in [0.29, 0.717) is 5.69 Å². The van der Waals surface area contributed by atoms with Crippen LogP contribution >= 0.6 is 0 Å². The number of hydrogen-bond acceptors (Lipinski definition) is 5. The molecule has 8 nitrogen and oxygen atoms in total. The molecule has 8 heteroatoms. The van der Waals surface area contributed by atoms with E-state index in [9.17, 15) is 14.4 Å². The quantitative estimate of drug-likeness (QED) is 0.594. The van der Waals surface area contributed by atoms with Crippen LogP contribution in [0.2, 0.25) is 0 Å². The second-order valence-electron chi connectivity index (χ2n) is 7.41. The van der Waals surface area contributed by atoms with Crippen LogP contribution in [-0.2, 0) is 9.53 Å². The summed E-state index contributed by atoms with van der Waals surface area (Å²) in [5.74, 6) is -1.88. The number of rotatable bonds is 6. The highest BCUT2D eigenvalue weighted by Crippen LogP contribution is 2.28. The maximum absolute atomic E-state index is 13.1. The van der Waals surface area contributed by atoms with E-state index in [2.05, 4.69) is 5.10 Å². The van der Waals surface area contributed by atoms with Crippen LogP contribution in [0.15, 0.2) is 60.8 Å². The first kappa shape index (κ1) is 21.8. The summed E-state index contributed by atoms with van der Waals surface area (Å²) in [4.78, 5) is 36.5. The molecule has 160 valence electrons. The molecule has 3 aromatic rings. The minimum Gasteiger partial charge on any atom is -0.448 e. The van der Waals surface area contributed by atoms with Gasteiger partial charge >= 0.3 is 12.0 Å². The topological polar surface area (TPSA) is 116 Å². The van der Waals surface area contributed by atoms with Crippen LogP contribution in [0.3, 0.4) is 0 Å². The van der Waals surface area contributed by atoms with Gasteiger partial charge in [0.15, 0.2) is 6.10 Å². The van der Waals surface area contributed by atoms with Gasteiger partial charge in [0.1, 0.15) is 11.3 Å². The van der Waals surface area contributed by atoms with Gasteiger partial charge in [0.25, 0.3) is 5.91 Å². The highest BCUT2D eigenvalue weighted by molar-refractivity contribution is 6.00. The highest BCUT2D eigenvalue weighted by Gasteiger charge is 2.30. The van der Waals surface area contributed by atoms with Crippen LogP contribution in [0.1, 0.15) is 29.8 Å². The van der Waals surface area contributed by atoms with Crippen molar-refractivity contribution in [1.82, 2.24) is 15.1 Å². The molecule has 0 aliphatic heterocycles. The molecule has 1 heterocycles. The van der Waals surface area contributed by atoms with Gasteiger partial charge in [-0.1, -0.05) is 56.3 Å². The summed E-state index contributed by atoms with van der Waals surface area (Å²) in [5.41, 5.74) is 8.14. The lowest BCUT2D eigenvalue weighted by atomic mass is 10.0. The van der Waals surface area contributed by atoms with Gasteiger partial charge in [-0.25, -0.2) is 14.3 Å². The second-order valence-corrected chi connectivity index (χ2v) is 7.41. The summed E-state index contributed by atoms with van der Waals surface area (Å²) < 4.78 is 7.09. The van der Waals surface area contributed by atoms with E-state index in [-0.39, 0.29) is 11.5 Å². The lowest BCUT2D eigenvalue weighted by Gasteiger charge is -2.19. The van der Waals surface area contributed by atoms with Crippen molar-refractivity contribution in [3.05, 3.63) is 71.9 Å². The third-order valence-electron chi connectivity index (χ3n) is 4.70. The van der Waals surface area contributed by atoms with Crippen LogP contribution in [0, 0.1) is 12.8 Å². The van der Waals surface area contributed by atoms with Crippen molar-refractivity contribution >= 4 is 17.9 Å². The number of primary amides is 1. The minimum atomic E-state index is -1.19. The molecule has 0 saturated carbocycles. The maximum Gasteiger partial charge on any atom is 0.342 e. The monoisotopic (exact) mass is 420 g/mol. The molecular weight excluding hydrogens is 396 g/mol. The van der Waals surface area contributed by atoms with E-state index in [1.54, 1.807) is 24.7 Å². The standard InChI is InChI=1S/C23H24N4O4/c1-14(2)20(21(28)25-23(24)30)31-22(29)18-13-27(16-10-5-4-6-11-16)26-19(18)17-12-8-7-9-15(17)3/h4-14,20H,1-3H3,(H3,24,25,28,30)/t20-/m1/s1. The number of esters is 1. The zero-order valence-corrected chi connectivity index (χ0v) is 17.5. The Hall–Kier alpha value is -3.94. The van der Waals surface area contributed by atoms with Crippen LogP contribution < -0.4 is 11.1 Å². The van der Waals surface area contributed by atoms with Crippen molar-refractivity contribution in [2.75, 3.05) is 0 Å². The largest absolute Gasteiger partial charge is 0.448 e. The summed E-state index contributed by atoms with van der Waals surface area (Å²) in [7, 11) is 0. The average molecular weight is 420 g/mol. The molecule has 2 aromatic carbocycles. The van der Waals surface area contributed by atoms with Gasteiger partial charge < -0.3 is 10.5 Å². The van der Waals surface area contributed by atoms with Gasteiger partial charge in [0, 0.05) is 11.8 Å². The van der Waals surface area contributed by atoms with E-state index in [4.69, 9.17) is 10.5 Å². The Balaban J connectivity index is 2.03. The molecule has 1 atom stereocenters. The molecule has 3 amide bonds. The lowest BCUT2D eigenvalue weighted by molar-refractivity contribution is -0.130. The number of nitrogens with two attached hydrogens (primary N) is 1. The Morgan fingerprint density at radius 3 is 2.29 bits per heavy atom. The number of amides is 3. The van der Waals surface area contributed by atoms with E-state index in [1.807, 2.05) is 66.8 Å². The van der Waals surface area contributed by atoms with Gasteiger partial charge in [-0.15, -0.1) is 0 Å². The first-order valence-corrected chi connectivity index (χ1v) is 9.80. The van der Waals surface area contributed by atoms with Crippen molar-refractivity contribution in [3.63, 3.8) is 0 Å². The van der Waals surface area contributed by atoms with Crippen molar-refractivity contribution in [2.45, 2.75) is 26.9 Å². The number of hydrogen-bond donors (Lipinski definition) is 2. The molecule has 0 radical (unpaired) electrons. The molecule has 0 spiro atoms. The Morgan fingerprint density at radius 1 is 1.03 bits per heavy atom. The van der Waals surface area contributed by atoms with Gasteiger partial charge in [-0.2, -0.15) is 5.10 Å². The third kappa shape index (κ3) is 4.98. The predicted molar refractivity (Wildman–Crippen MR) is 116 cm³/mol. The number of aromatic nitrogens is 2. The Bertz CT molecular complexity index is 1110. The molecule has 3 rings (SSSR count). The van der Waals surface area contributed by atoms with Crippen molar-refractivity contribution in [1.29, 1.82) is 0 Å². The number of ether oxygens (including phenoxy) is 1. The molecule has 31 heavy (non-hydrogen) atoms. The Labute approximate surface area is 180 Å². The zero-order chi connectivity index (χ0) is 22.5. The fourth-order valence-electron chi connectivity index (χ4n) is 3.14. The number of carbonyl (C=O) groups excluding carboxylic acids is 3.